The second kappa shape index (κ2) is 6.94. The molecule has 3 atom stereocenters. The highest BCUT2D eigenvalue weighted by Gasteiger charge is 2.38. The highest BCUT2D eigenvalue weighted by molar-refractivity contribution is 5.72. The van der Waals surface area contributed by atoms with E-state index in [2.05, 4.69) is 46.2 Å². The lowest BCUT2D eigenvalue weighted by Crippen LogP contribution is -2.30. The first-order chi connectivity index (χ1) is 11.7. The maximum Gasteiger partial charge on any atom is 0.225 e. The Hall–Kier alpha value is -1.63. The van der Waals surface area contributed by atoms with Crippen molar-refractivity contribution in [1.29, 1.82) is 0 Å². The normalized spacial score (nSPS) is 26.7. The molecular weight excluding hydrogens is 318 g/mol. The fourth-order valence-corrected chi connectivity index (χ4v) is 3.59. The molecule has 2 fully saturated rings. The summed E-state index contributed by atoms with van der Waals surface area (Å²) in [5.41, 5.74) is -0.0747. The van der Waals surface area contributed by atoms with Gasteiger partial charge >= 0.3 is 0 Å². The van der Waals surface area contributed by atoms with Gasteiger partial charge in [-0.2, -0.15) is 0 Å². The molecule has 2 saturated carbocycles. The number of aromatic nitrogens is 3. The van der Waals surface area contributed by atoms with Crippen LogP contribution in [0.3, 0.4) is 0 Å². The molecule has 140 valence electrons. The predicted molar refractivity (Wildman–Crippen MR) is 96.3 cm³/mol. The van der Waals surface area contributed by atoms with Gasteiger partial charge in [-0.15, -0.1) is 10.2 Å². The van der Waals surface area contributed by atoms with E-state index in [0.717, 1.165) is 30.7 Å². The standard InChI is InChI=1S/C18H31N5O2/c1-11(24)19-9-14-7-13(8-15(14)25)16-21-22-17(20-18(2,3)4)23(16)10-12-5-6-12/h12-15,25H,5-10H2,1-4H3,(H,19,24)(H,20,22)/t13-,14+,15+/m0/s1. The Morgan fingerprint density at radius 2 is 2.00 bits per heavy atom. The van der Waals surface area contributed by atoms with Crippen LogP contribution in [0.25, 0.3) is 0 Å². The van der Waals surface area contributed by atoms with Crippen LogP contribution < -0.4 is 10.6 Å². The maximum atomic E-state index is 11.1. The minimum atomic E-state index is -0.401. The van der Waals surface area contributed by atoms with Crippen molar-refractivity contribution >= 4 is 11.9 Å². The van der Waals surface area contributed by atoms with Gasteiger partial charge in [0.05, 0.1) is 6.10 Å². The number of amides is 1. The number of carbonyl (C=O) groups excluding carboxylic acids is 1. The summed E-state index contributed by atoms with van der Waals surface area (Å²) in [6.45, 7) is 9.33. The van der Waals surface area contributed by atoms with Crippen LogP contribution in [0.5, 0.6) is 0 Å². The van der Waals surface area contributed by atoms with Gasteiger partial charge in [0, 0.05) is 37.4 Å². The van der Waals surface area contributed by atoms with Gasteiger partial charge in [-0.05, 0) is 52.4 Å². The summed E-state index contributed by atoms with van der Waals surface area (Å²) >= 11 is 0. The first kappa shape index (κ1) is 18.2. The number of nitrogens with zero attached hydrogens (tertiary/aromatic N) is 3. The van der Waals surface area contributed by atoms with E-state index in [-0.39, 0.29) is 23.3 Å². The van der Waals surface area contributed by atoms with E-state index in [1.54, 1.807) is 0 Å². The van der Waals surface area contributed by atoms with Gasteiger partial charge in [0.15, 0.2) is 0 Å². The molecule has 0 saturated heterocycles. The molecule has 2 aliphatic rings. The molecule has 1 aromatic rings. The van der Waals surface area contributed by atoms with Crippen LogP contribution in [0, 0.1) is 11.8 Å². The molecule has 1 heterocycles. The molecule has 1 amide bonds. The fourth-order valence-electron chi connectivity index (χ4n) is 3.59. The zero-order valence-electron chi connectivity index (χ0n) is 15.7. The molecular formula is C18H31N5O2. The summed E-state index contributed by atoms with van der Waals surface area (Å²) in [6, 6.07) is 0. The molecule has 3 rings (SSSR count). The minimum absolute atomic E-state index is 0.0517. The molecule has 7 heteroatoms. The zero-order chi connectivity index (χ0) is 18.2. The van der Waals surface area contributed by atoms with Crippen molar-refractivity contribution in [3.8, 4) is 0 Å². The summed E-state index contributed by atoms with van der Waals surface area (Å²) in [5.74, 6) is 2.74. The van der Waals surface area contributed by atoms with E-state index >= 15 is 0 Å². The number of aliphatic hydroxyl groups is 1. The van der Waals surface area contributed by atoms with Gasteiger partial charge in [0.25, 0.3) is 0 Å². The number of hydrogen-bond donors (Lipinski definition) is 3. The average Bonchev–Trinajstić information content (AvgIpc) is 3.12. The van der Waals surface area contributed by atoms with E-state index in [1.165, 1.54) is 19.8 Å². The number of nitrogens with one attached hydrogen (secondary N) is 2. The van der Waals surface area contributed by atoms with Crippen LogP contribution in [0.4, 0.5) is 5.95 Å². The average molecular weight is 349 g/mol. The van der Waals surface area contributed by atoms with E-state index in [0.29, 0.717) is 13.0 Å². The van der Waals surface area contributed by atoms with E-state index in [1.807, 2.05) is 0 Å². The first-order valence-corrected chi connectivity index (χ1v) is 9.36. The smallest absolute Gasteiger partial charge is 0.225 e. The van der Waals surface area contributed by atoms with Gasteiger partial charge in [0.2, 0.25) is 11.9 Å². The van der Waals surface area contributed by atoms with Crippen molar-refractivity contribution in [1.82, 2.24) is 20.1 Å². The Morgan fingerprint density at radius 1 is 1.28 bits per heavy atom. The third-order valence-electron chi connectivity index (χ3n) is 5.04. The monoisotopic (exact) mass is 349 g/mol. The van der Waals surface area contributed by atoms with Gasteiger partial charge in [-0.3, -0.25) is 9.36 Å². The van der Waals surface area contributed by atoms with Gasteiger partial charge < -0.3 is 15.7 Å². The molecule has 0 unspecified atom stereocenters. The van der Waals surface area contributed by atoms with Crippen molar-refractivity contribution in [3.05, 3.63) is 5.82 Å². The van der Waals surface area contributed by atoms with Crippen LogP contribution in [0.2, 0.25) is 0 Å². The minimum Gasteiger partial charge on any atom is -0.393 e. The van der Waals surface area contributed by atoms with Crippen LogP contribution in [-0.2, 0) is 11.3 Å². The Bertz CT molecular complexity index is 617. The van der Waals surface area contributed by atoms with E-state index in [9.17, 15) is 9.90 Å². The highest BCUT2D eigenvalue weighted by Crippen LogP contribution is 2.40. The van der Waals surface area contributed by atoms with Crippen LogP contribution >= 0.6 is 0 Å². The third-order valence-corrected chi connectivity index (χ3v) is 5.04. The summed E-state index contributed by atoms with van der Waals surface area (Å²) in [5, 5.41) is 25.6. The molecule has 3 N–H and O–H groups in total. The summed E-state index contributed by atoms with van der Waals surface area (Å²) in [6.07, 6.45) is 3.65. The van der Waals surface area contributed by atoms with Crippen LogP contribution in [-0.4, -0.2) is 44.0 Å². The third kappa shape index (κ3) is 4.71. The van der Waals surface area contributed by atoms with Gasteiger partial charge in [-0.1, -0.05) is 0 Å². The van der Waals surface area contributed by atoms with Crippen molar-refractivity contribution < 1.29 is 9.90 Å². The molecule has 0 aromatic carbocycles. The van der Waals surface area contributed by atoms with E-state index in [4.69, 9.17) is 0 Å². The number of anilines is 1. The van der Waals surface area contributed by atoms with Crippen molar-refractivity contribution in [2.75, 3.05) is 11.9 Å². The molecule has 7 nitrogen and oxygen atoms in total. The number of hydrogen-bond acceptors (Lipinski definition) is 5. The molecule has 1 aromatic heterocycles. The molecule has 0 bridgehead atoms. The molecule has 2 aliphatic carbocycles. The Balaban J connectivity index is 1.76. The lowest BCUT2D eigenvalue weighted by Gasteiger charge is -2.22. The molecule has 0 radical (unpaired) electrons. The second-order valence-electron chi connectivity index (χ2n) is 8.74. The van der Waals surface area contributed by atoms with Crippen molar-refractivity contribution in [3.63, 3.8) is 0 Å². The van der Waals surface area contributed by atoms with Crippen molar-refractivity contribution in [2.45, 2.75) is 77.5 Å². The van der Waals surface area contributed by atoms with Crippen molar-refractivity contribution in [2.24, 2.45) is 11.8 Å². The molecule has 0 spiro atoms. The summed E-state index contributed by atoms with van der Waals surface area (Å²) in [4.78, 5) is 11.1. The fraction of sp³-hybridized carbons (Fsp3) is 0.833. The Morgan fingerprint density at radius 3 is 2.60 bits per heavy atom. The zero-order valence-corrected chi connectivity index (χ0v) is 15.7. The number of carbonyl (C=O) groups is 1. The molecule has 0 aliphatic heterocycles. The SMILES string of the molecule is CC(=O)NC[C@H]1C[C@H](c2nnc(NC(C)(C)C)n2CC2CC2)C[C@H]1O. The predicted octanol–water partition coefficient (Wildman–Crippen LogP) is 1.89. The Kier molecular flexibility index (Phi) is 5.04. The lowest BCUT2D eigenvalue weighted by molar-refractivity contribution is -0.119. The lowest BCUT2D eigenvalue weighted by atomic mass is 10.0. The number of aliphatic hydroxyl groups excluding tert-OH is 1. The quantitative estimate of drug-likeness (QED) is 0.729. The maximum absolute atomic E-state index is 11.1. The van der Waals surface area contributed by atoms with Gasteiger partial charge in [0.1, 0.15) is 5.82 Å². The first-order valence-electron chi connectivity index (χ1n) is 9.36. The van der Waals surface area contributed by atoms with Crippen LogP contribution in [0.1, 0.15) is 65.1 Å². The summed E-state index contributed by atoms with van der Waals surface area (Å²) < 4.78 is 2.22. The van der Waals surface area contributed by atoms with Crippen LogP contribution in [0.15, 0.2) is 0 Å². The van der Waals surface area contributed by atoms with E-state index < -0.39 is 6.10 Å². The second-order valence-corrected chi connectivity index (χ2v) is 8.74. The summed E-state index contributed by atoms with van der Waals surface area (Å²) in [7, 11) is 0. The number of rotatable bonds is 6. The van der Waals surface area contributed by atoms with Gasteiger partial charge in [-0.25, -0.2) is 0 Å². The Labute approximate surface area is 149 Å². The topological polar surface area (TPSA) is 92.1 Å². The molecule has 25 heavy (non-hydrogen) atoms. The largest absolute Gasteiger partial charge is 0.393 e. The highest BCUT2D eigenvalue weighted by atomic mass is 16.3.